The summed E-state index contributed by atoms with van der Waals surface area (Å²) < 4.78 is 0. The van der Waals surface area contributed by atoms with Crippen LogP contribution in [0.1, 0.15) is 0 Å². The fraction of sp³-hybridized carbons (Fsp3) is 0.400. The van der Waals surface area contributed by atoms with Crippen LogP contribution in [-0.2, 0) is 14.4 Å². The van der Waals surface area contributed by atoms with Gasteiger partial charge in [0.2, 0.25) is 0 Å². The fourth-order valence-corrected chi connectivity index (χ4v) is 0.441. The van der Waals surface area contributed by atoms with Crippen LogP contribution in [0.25, 0.3) is 0 Å². The highest BCUT2D eigenvalue weighted by atomic mass is 16.4. The number of nitrogens with one attached hydrogen (secondary N) is 1. The first-order chi connectivity index (χ1) is 5.49. The lowest BCUT2D eigenvalue weighted by Gasteiger charge is -2.08. The van der Waals surface area contributed by atoms with Crippen molar-refractivity contribution in [2.45, 2.75) is 6.04 Å². The highest BCUT2D eigenvalue weighted by molar-refractivity contribution is 6.31. The van der Waals surface area contributed by atoms with Gasteiger partial charge in [-0.15, -0.1) is 0 Å². The predicted octanol–water partition coefficient (Wildman–Crippen LogP) is -2.40. The van der Waals surface area contributed by atoms with Crippen molar-refractivity contribution in [1.82, 2.24) is 5.32 Å². The average molecular weight is 176 g/mol. The van der Waals surface area contributed by atoms with E-state index in [1.807, 2.05) is 0 Å². The zero-order valence-corrected chi connectivity index (χ0v) is 5.98. The van der Waals surface area contributed by atoms with Gasteiger partial charge in [0.05, 0.1) is 0 Å². The Morgan fingerprint density at radius 3 is 2.08 bits per heavy atom. The van der Waals surface area contributed by atoms with Gasteiger partial charge in [0, 0.05) is 6.54 Å². The standard InChI is InChI=1S/C5H8N2O5/c6-1-2(4(9)10)7-3(8)5(11)12/h2H,1,6H2,(H,7,8)(H,9,10)(H,11,12)/t2-/m1/s1. The molecule has 7 heteroatoms. The molecule has 0 saturated heterocycles. The summed E-state index contributed by atoms with van der Waals surface area (Å²) in [6.45, 7) is -0.353. The van der Waals surface area contributed by atoms with Gasteiger partial charge in [-0.05, 0) is 0 Å². The SMILES string of the molecule is NC[C@@H](NC(=O)C(=O)O)C(=O)O. The number of nitrogens with two attached hydrogens (primary N) is 1. The maximum atomic E-state index is 10.4. The topological polar surface area (TPSA) is 130 Å². The molecule has 0 fully saturated rings. The molecule has 0 bridgehead atoms. The van der Waals surface area contributed by atoms with Crippen LogP contribution in [0.2, 0.25) is 0 Å². The van der Waals surface area contributed by atoms with E-state index in [0.717, 1.165) is 0 Å². The van der Waals surface area contributed by atoms with Gasteiger partial charge in [-0.1, -0.05) is 0 Å². The molecule has 0 aliphatic heterocycles. The molecule has 0 aromatic carbocycles. The minimum absolute atomic E-state index is 0.353. The van der Waals surface area contributed by atoms with E-state index in [0.29, 0.717) is 0 Å². The summed E-state index contributed by atoms with van der Waals surface area (Å²) in [6, 6.07) is -1.35. The Hall–Kier alpha value is -1.63. The van der Waals surface area contributed by atoms with Crippen LogP contribution in [0, 0.1) is 0 Å². The first-order valence-corrected chi connectivity index (χ1v) is 2.95. The van der Waals surface area contributed by atoms with Gasteiger partial charge < -0.3 is 21.3 Å². The minimum atomic E-state index is -1.74. The van der Waals surface area contributed by atoms with Crippen molar-refractivity contribution in [3.63, 3.8) is 0 Å². The maximum absolute atomic E-state index is 10.4. The monoisotopic (exact) mass is 176 g/mol. The van der Waals surface area contributed by atoms with Gasteiger partial charge in [-0.2, -0.15) is 0 Å². The Morgan fingerprint density at radius 1 is 1.33 bits per heavy atom. The van der Waals surface area contributed by atoms with Crippen LogP contribution in [0.15, 0.2) is 0 Å². The van der Waals surface area contributed by atoms with E-state index < -0.39 is 23.9 Å². The number of carboxylic acids is 2. The normalized spacial score (nSPS) is 11.8. The average Bonchev–Trinajstić information content (AvgIpc) is 1.98. The molecule has 0 aliphatic rings. The van der Waals surface area contributed by atoms with Crippen LogP contribution in [0.3, 0.4) is 0 Å². The van der Waals surface area contributed by atoms with E-state index in [1.165, 1.54) is 0 Å². The van der Waals surface area contributed by atoms with E-state index in [-0.39, 0.29) is 6.54 Å². The van der Waals surface area contributed by atoms with E-state index in [4.69, 9.17) is 15.9 Å². The van der Waals surface area contributed by atoms with Crippen LogP contribution >= 0.6 is 0 Å². The summed E-state index contributed by atoms with van der Waals surface area (Å²) in [4.78, 5) is 30.5. The van der Waals surface area contributed by atoms with Crippen molar-refractivity contribution >= 4 is 17.8 Å². The summed E-state index contributed by atoms with van der Waals surface area (Å²) in [7, 11) is 0. The number of hydrogen-bond acceptors (Lipinski definition) is 4. The number of aliphatic carboxylic acids is 2. The molecule has 12 heavy (non-hydrogen) atoms. The van der Waals surface area contributed by atoms with Crippen molar-refractivity contribution in [1.29, 1.82) is 0 Å². The number of carboxylic acid groups (broad SMARTS) is 2. The van der Waals surface area contributed by atoms with Gasteiger partial charge in [-0.25, -0.2) is 9.59 Å². The zero-order chi connectivity index (χ0) is 9.72. The molecule has 68 valence electrons. The van der Waals surface area contributed by atoms with Crippen molar-refractivity contribution < 1.29 is 24.6 Å². The Labute approximate surface area is 67.2 Å². The number of carbonyl (C=O) groups excluding carboxylic acids is 1. The molecule has 0 rings (SSSR count). The molecule has 0 aliphatic carbocycles. The van der Waals surface area contributed by atoms with E-state index >= 15 is 0 Å². The second-order valence-corrected chi connectivity index (χ2v) is 1.91. The molecular formula is C5H8N2O5. The third-order valence-electron chi connectivity index (χ3n) is 1.03. The minimum Gasteiger partial charge on any atom is -0.480 e. The molecule has 1 amide bonds. The lowest BCUT2D eigenvalue weighted by Crippen LogP contribution is -2.48. The first kappa shape index (κ1) is 10.4. The van der Waals surface area contributed by atoms with Gasteiger partial charge in [0.1, 0.15) is 6.04 Å². The summed E-state index contributed by atoms with van der Waals surface area (Å²) in [6.07, 6.45) is 0. The maximum Gasteiger partial charge on any atom is 0.394 e. The first-order valence-electron chi connectivity index (χ1n) is 2.95. The molecule has 0 saturated carbocycles. The summed E-state index contributed by atoms with van der Waals surface area (Å²) in [5.74, 6) is -4.49. The number of hydrogen-bond donors (Lipinski definition) is 4. The Balaban J connectivity index is 4.12. The molecule has 0 radical (unpaired) electrons. The molecule has 0 spiro atoms. The van der Waals surface area contributed by atoms with Crippen LogP contribution in [0.4, 0.5) is 0 Å². The predicted molar refractivity (Wildman–Crippen MR) is 36.3 cm³/mol. The lowest BCUT2D eigenvalue weighted by atomic mass is 10.3. The van der Waals surface area contributed by atoms with Crippen molar-refractivity contribution in [2.24, 2.45) is 5.73 Å². The quantitative estimate of drug-likeness (QED) is 0.354. The fourth-order valence-electron chi connectivity index (χ4n) is 0.441. The molecular weight excluding hydrogens is 168 g/mol. The van der Waals surface area contributed by atoms with Gasteiger partial charge >= 0.3 is 17.8 Å². The van der Waals surface area contributed by atoms with Gasteiger partial charge in [0.25, 0.3) is 0 Å². The molecule has 1 atom stereocenters. The molecule has 0 aromatic heterocycles. The molecule has 7 nitrogen and oxygen atoms in total. The number of rotatable bonds is 3. The van der Waals surface area contributed by atoms with Crippen molar-refractivity contribution in [3.05, 3.63) is 0 Å². The number of amides is 1. The smallest absolute Gasteiger partial charge is 0.394 e. The van der Waals surface area contributed by atoms with Crippen LogP contribution in [-0.4, -0.2) is 40.6 Å². The highest BCUT2D eigenvalue weighted by Crippen LogP contribution is 1.80. The molecule has 0 aromatic rings. The van der Waals surface area contributed by atoms with Gasteiger partial charge in [-0.3, -0.25) is 4.79 Å². The Bertz CT molecular complexity index is 214. The summed E-state index contributed by atoms with van der Waals surface area (Å²) in [5, 5.41) is 18.1. The molecule has 5 N–H and O–H groups in total. The largest absolute Gasteiger partial charge is 0.480 e. The Kier molecular flexibility index (Phi) is 3.71. The highest BCUT2D eigenvalue weighted by Gasteiger charge is 2.21. The van der Waals surface area contributed by atoms with Gasteiger partial charge in [0.15, 0.2) is 0 Å². The summed E-state index contributed by atoms with van der Waals surface area (Å²) in [5.41, 5.74) is 4.93. The van der Waals surface area contributed by atoms with E-state index in [9.17, 15) is 14.4 Å². The van der Waals surface area contributed by atoms with Crippen LogP contribution in [0.5, 0.6) is 0 Å². The van der Waals surface area contributed by atoms with E-state index in [2.05, 4.69) is 0 Å². The van der Waals surface area contributed by atoms with Crippen LogP contribution < -0.4 is 11.1 Å². The number of carbonyl (C=O) groups is 3. The molecule has 0 heterocycles. The second-order valence-electron chi connectivity index (χ2n) is 1.91. The third-order valence-corrected chi connectivity index (χ3v) is 1.03. The van der Waals surface area contributed by atoms with Crippen molar-refractivity contribution in [2.75, 3.05) is 6.54 Å². The Morgan fingerprint density at radius 2 is 1.83 bits per heavy atom. The van der Waals surface area contributed by atoms with E-state index in [1.54, 1.807) is 5.32 Å². The second kappa shape index (κ2) is 4.29. The zero-order valence-electron chi connectivity index (χ0n) is 5.98. The third kappa shape index (κ3) is 2.97. The summed E-state index contributed by atoms with van der Waals surface area (Å²) >= 11 is 0. The molecule has 0 unspecified atom stereocenters. The lowest BCUT2D eigenvalue weighted by molar-refractivity contribution is -0.152. The van der Waals surface area contributed by atoms with Crippen molar-refractivity contribution in [3.8, 4) is 0 Å².